The van der Waals surface area contributed by atoms with E-state index in [0.29, 0.717) is 17.3 Å². The van der Waals surface area contributed by atoms with Crippen molar-refractivity contribution in [3.63, 3.8) is 0 Å². The van der Waals surface area contributed by atoms with Crippen LogP contribution in [0, 0.1) is 6.92 Å². The van der Waals surface area contributed by atoms with Gasteiger partial charge < -0.3 is 19.7 Å². The molecule has 9 heteroatoms. The molecule has 1 aromatic carbocycles. The molecule has 0 fully saturated rings. The lowest BCUT2D eigenvalue weighted by Gasteiger charge is -2.29. The molecule has 0 saturated heterocycles. The number of ether oxygens (including phenoxy) is 2. The molecule has 3 rings (SSSR count). The molecule has 0 spiro atoms. The van der Waals surface area contributed by atoms with Gasteiger partial charge in [0.15, 0.2) is 0 Å². The second-order valence-corrected chi connectivity index (χ2v) is 10.2. The Morgan fingerprint density at radius 2 is 1.86 bits per heavy atom. The van der Waals surface area contributed by atoms with Gasteiger partial charge in [0.25, 0.3) is 5.91 Å². The summed E-state index contributed by atoms with van der Waals surface area (Å²) in [6.45, 7) is 9.22. The summed E-state index contributed by atoms with van der Waals surface area (Å²) in [5.41, 5.74) is 1.84. The van der Waals surface area contributed by atoms with Crippen LogP contribution in [0.1, 0.15) is 39.0 Å². The monoisotopic (exact) mass is 496 g/mol. The third kappa shape index (κ3) is 7.34. The quantitative estimate of drug-likeness (QED) is 0.473. The Kier molecular flexibility index (Phi) is 8.58. The molecule has 186 valence electrons. The van der Waals surface area contributed by atoms with Crippen molar-refractivity contribution in [2.24, 2.45) is 0 Å². The van der Waals surface area contributed by atoms with Crippen LogP contribution in [0.25, 0.3) is 10.6 Å². The number of nitrogens with one attached hydrogen (secondary N) is 1. The second-order valence-electron chi connectivity index (χ2n) is 9.17. The van der Waals surface area contributed by atoms with E-state index in [1.54, 1.807) is 47.1 Å². The van der Waals surface area contributed by atoms with E-state index in [9.17, 15) is 9.59 Å². The van der Waals surface area contributed by atoms with Crippen molar-refractivity contribution in [3.05, 3.63) is 66.1 Å². The Hall–Kier alpha value is -3.30. The number of nitrogens with zero attached hydrogens (tertiary/aromatic N) is 3. The molecule has 35 heavy (non-hydrogen) atoms. The van der Waals surface area contributed by atoms with Crippen molar-refractivity contribution in [1.29, 1.82) is 0 Å². The first-order chi connectivity index (χ1) is 16.5. The van der Waals surface area contributed by atoms with Crippen LogP contribution in [-0.2, 0) is 20.9 Å². The SMILES string of the molecule is Cc1nc(-c2cccnc2)sc1N(C)C(=O)C(NC(=O)OC(C)(C)C)C(C)OCc1ccccc1. The molecule has 8 nitrogen and oxygen atoms in total. The van der Waals surface area contributed by atoms with Gasteiger partial charge in [-0.2, -0.15) is 0 Å². The van der Waals surface area contributed by atoms with Gasteiger partial charge in [-0.05, 0) is 52.3 Å². The van der Waals surface area contributed by atoms with E-state index >= 15 is 0 Å². The number of hydrogen-bond acceptors (Lipinski definition) is 7. The number of carbonyl (C=O) groups excluding carboxylic acids is 2. The number of likely N-dealkylation sites (N-methyl/N-ethyl adjacent to an activating group) is 1. The second kappa shape index (κ2) is 11.4. The number of alkyl carbamates (subject to hydrolysis) is 1. The Morgan fingerprint density at radius 3 is 2.49 bits per heavy atom. The summed E-state index contributed by atoms with van der Waals surface area (Å²) in [5, 5.41) is 4.16. The molecule has 2 aromatic heterocycles. The van der Waals surface area contributed by atoms with Crippen LogP contribution < -0.4 is 10.2 Å². The zero-order valence-electron chi connectivity index (χ0n) is 20.9. The number of anilines is 1. The summed E-state index contributed by atoms with van der Waals surface area (Å²) >= 11 is 1.39. The van der Waals surface area contributed by atoms with Gasteiger partial charge in [-0.3, -0.25) is 9.78 Å². The average molecular weight is 497 g/mol. The average Bonchev–Trinajstić information content (AvgIpc) is 3.21. The third-order valence-electron chi connectivity index (χ3n) is 5.08. The zero-order valence-corrected chi connectivity index (χ0v) is 21.8. The minimum absolute atomic E-state index is 0.302. The number of aryl methyl sites for hydroxylation is 1. The molecule has 2 amide bonds. The van der Waals surface area contributed by atoms with Crippen molar-refractivity contribution in [2.75, 3.05) is 11.9 Å². The van der Waals surface area contributed by atoms with Crippen LogP contribution in [0.5, 0.6) is 0 Å². The van der Waals surface area contributed by atoms with Crippen LogP contribution in [0.2, 0.25) is 0 Å². The van der Waals surface area contributed by atoms with E-state index in [1.807, 2.05) is 49.4 Å². The summed E-state index contributed by atoms with van der Waals surface area (Å²) < 4.78 is 11.4. The molecule has 0 saturated carbocycles. The summed E-state index contributed by atoms with van der Waals surface area (Å²) in [6.07, 6.45) is 2.13. The van der Waals surface area contributed by atoms with Gasteiger partial charge in [0.1, 0.15) is 21.7 Å². The van der Waals surface area contributed by atoms with Crippen molar-refractivity contribution < 1.29 is 19.1 Å². The highest BCUT2D eigenvalue weighted by molar-refractivity contribution is 7.19. The Morgan fingerprint density at radius 1 is 1.14 bits per heavy atom. The predicted octanol–water partition coefficient (Wildman–Crippen LogP) is 4.97. The van der Waals surface area contributed by atoms with Crippen LogP contribution in [0.3, 0.4) is 0 Å². The van der Waals surface area contributed by atoms with Crippen LogP contribution >= 0.6 is 11.3 Å². The molecule has 3 aromatic rings. The largest absolute Gasteiger partial charge is 0.444 e. The van der Waals surface area contributed by atoms with E-state index < -0.39 is 23.8 Å². The standard InChI is InChI=1S/C26H32N4O4S/c1-17-24(35-22(28-17)20-13-10-14-27-15-20)30(6)23(31)21(29-25(32)34-26(3,4)5)18(2)33-16-19-11-8-7-9-12-19/h7-15,18,21H,16H2,1-6H3,(H,29,32). The van der Waals surface area contributed by atoms with E-state index in [4.69, 9.17) is 9.47 Å². The van der Waals surface area contributed by atoms with Crippen LogP contribution in [0.15, 0.2) is 54.9 Å². The van der Waals surface area contributed by atoms with Gasteiger partial charge in [0, 0.05) is 25.0 Å². The zero-order chi connectivity index (χ0) is 25.6. The van der Waals surface area contributed by atoms with Crippen molar-refractivity contribution in [3.8, 4) is 10.6 Å². The number of aromatic nitrogens is 2. The topological polar surface area (TPSA) is 93.7 Å². The molecule has 0 aliphatic heterocycles. The third-order valence-corrected chi connectivity index (χ3v) is 6.36. The van der Waals surface area contributed by atoms with Gasteiger partial charge in [-0.25, -0.2) is 9.78 Å². The highest BCUT2D eigenvalue weighted by atomic mass is 32.1. The van der Waals surface area contributed by atoms with Crippen molar-refractivity contribution in [2.45, 2.75) is 59.0 Å². The Labute approximate surface area is 210 Å². The summed E-state index contributed by atoms with van der Waals surface area (Å²) in [4.78, 5) is 36.5. The fourth-order valence-electron chi connectivity index (χ4n) is 3.33. The lowest BCUT2D eigenvalue weighted by atomic mass is 10.1. The number of benzene rings is 1. The maximum absolute atomic E-state index is 13.6. The fourth-order valence-corrected chi connectivity index (χ4v) is 4.36. The molecule has 2 atom stereocenters. The lowest BCUT2D eigenvalue weighted by molar-refractivity contribution is -0.124. The molecule has 0 radical (unpaired) electrons. The van der Waals surface area contributed by atoms with Crippen molar-refractivity contribution >= 4 is 28.3 Å². The maximum Gasteiger partial charge on any atom is 0.408 e. The van der Waals surface area contributed by atoms with Gasteiger partial charge in [-0.15, -0.1) is 0 Å². The number of amides is 2. The minimum Gasteiger partial charge on any atom is -0.444 e. The smallest absolute Gasteiger partial charge is 0.408 e. The maximum atomic E-state index is 13.6. The normalized spacial score (nSPS) is 13.1. The minimum atomic E-state index is -0.970. The van der Waals surface area contributed by atoms with Crippen molar-refractivity contribution in [1.82, 2.24) is 15.3 Å². The molecule has 1 N–H and O–H groups in total. The number of carbonyl (C=O) groups is 2. The first kappa shape index (κ1) is 26.3. The predicted molar refractivity (Wildman–Crippen MR) is 137 cm³/mol. The Bertz CT molecular complexity index is 1130. The van der Waals surface area contributed by atoms with Gasteiger partial charge in [0.2, 0.25) is 0 Å². The summed E-state index contributed by atoms with van der Waals surface area (Å²) in [5.74, 6) is -0.332. The van der Waals surface area contributed by atoms with E-state index in [1.165, 1.54) is 16.2 Å². The van der Waals surface area contributed by atoms with Gasteiger partial charge in [0.05, 0.1) is 18.4 Å². The van der Waals surface area contributed by atoms with Crippen LogP contribution in [-0.4, -0.2) is 46.8 Å². The molecule has 2 unspecified atom stereocenters. The lowest BCUT2D eigenvalue weighted by Crippen LogP contribution is -2.54. The van der Waals surface area contributed by atoms with E-state index in [-0.39, 0.29) is 5.91 Å². The Balaban J connectivity index is 1.81. The van der Waals surface area contributed by atoms with Gasteiger partial charge >= 0.3 is 6.09 Å². The fraction of sp³-hybridized carbons (Fsp3) is 0.385. The number of thiazole rings is 1. The first-order valence-corrected chi connectivity index (χ1v) is 12.2. The number of hydrogen-bond donors (Lipinski definition) is 1. The molecule has 0 bridgehead atoms. The van der Waals surface area contributed by atoms with E-state index in [0.717, 1.165) is 16.1 Å². The molecular formula is C26H32N4O4S. The highest BCUT2D eigenvalue weighted by Crippen LogP contribution is 2.34. The number of rotatable bonds is 8. The first-order valence-electron chi connectivity index (χ1n) is 11.4. The summed E-state index contributed by atoms with van der Waals surface area (Å²) in [6, 6.07) is 12.4. The van der Waals surface area contributed by atoms with Gasteiger partial charge in [-0.1, -0.05) is 41.7 Å². The summed E-state index contributed by atoms with van der Waals surface area (Å²) in [7, 11) is 1.67. The highest BCUT2D eigenvalue weighted by Gasteiger charge is 2.33. The molecule has 2 heterocycles. The number of pyridine rings is 1. The molecule has 0 aliphatic rings. The van der Waals surface area contributed by atoms with E-state index in [2.05, 4.69) is 15.3 Å². The molecule has 0 aliphatic carbocycles. The molecular weight excluding hydrogens is 464 g/mol. The van der Waals surface area contributed by atoms with Crippen LogP contribution in [0.4, 0.5) is 9.80 Å².